The maximum absolute atomic E-state index is 12.0. The molecule has 0 saturated heterocycles. The van der Waals surface area contributed by atoms with Gasteiger partial charge in [0.25, 0.3) is 5.91 Å². The van der Waals surface area contributed by atoms with Gasteiger partial charge in [0.2, 0.25) is 0 Å². The summed E-state index contributed by atoms with van der Waals surface area (Å²) in [6, 6.07) is 5.97. The van der Waals surface area contributed by atoms with Crippen LogP contribution in [0.2, 0.25) is 0 Å². The second-order valence-corrected chi connectivity index (χ2v) is 5.17. The number of anilines is 1. The van der Waals surface area contributed by atoms with Gasteiger partial charge in [0.15, 0.2) is 0 Å². The summed E-state index contributed by atoms with van der Waals surface area (Å²) >= 11 is 0. The van der Waals surface area contributed by atoms with Crippen molar-refractivity contribution >= 4 is 23.5 Å². The maximum Gasteiger partial charge on any atom is 0.339 e. The van der Waals surface area contributed by atoms with Crippen LogP contribution in [-0.2, 0) is 14.3 Å². The van der Waals surface area contributed by atoms with Gasteiger partial charge in [0, 0.05) is 12.7 Å². The second kappa shape index (κ2) is 10.5. The first-order valence-electron chi connectivity index (χ1n) is 7.94. The van der Waals surface area contributed by atoms with E-state index in [0.717, 1.165) is 12.8 Å². The highest BCUT2D eigenvalue weighted by Crippen LogP contribution is 2.20. The Balaban J connectivity index is 3.11. The van der Waals surface area contributed by atoms with Gasteiger partial charge in [0.1, 0.15) is 11.6 Å². The van der Waals surface area contributed by atoms with Gasteiger partial charge in [-0.15, -0.1) is 0 Å². The Morgan fingerprint density at radius 2 is 1.88 bits per heavy atom. The highest BCUT2D eigenvalue weighted by Gasteiger charge is 2.16. The molecule has 0 saturated carbocycles. The summed E-state index contributed by atoms with van der Waals surface area (Å²) in [5.41, 5.74) is 0.372. The minimum absolute atomic E-state index is 0.139. The van der Waals surface area contributed by atoms with Crippen molar-refractivity contribution in [2.45, 2.75) is 19.8 Å². The number of carbonyl (C=O) groups is 3. The molecule has 26 heavy (non-hydrogen) atoms. The molecule has 0 atom stereocenters. The van der Waals surface area contributed by atoms with Crippen LogP contribution < -0.4 is 10.6 Å². The van der Waals surface area contributed by atoms with Crippen LogP contribution in [0.1, 0.15) is 40.5 Å². The van der Waals surface area contributed by atoms with Crippen molar-refractivity contribution in [1.82, 2.24) is 5.32 Å². The Morgan fingerprint density at radius 3 is 2.46 bits per heavy atom. The Bertz CT molecular complexity index is 750. The number of rotatable bonds is 8. The van der Waals surface area contributed by atoms with Crippen LogP contribution in [0, 0.1) is 11.3 Å². The Labute approximate surface area is 151 Å². The van der Waals surface area contributed by atoms with Crippen LogP contribution in [0.25, 0.3) is 0 Å². The molecule has 0 aromatic heterocycles. The number of ether oxygens (including phenoxy) is 2. The van der Waals surface area contributed by atoms with E-state index in [4.69, 9.17) is 5.26 Å². The summed E-state index contributed by atoms with van der Waals surface area (Å²) < 4.78 is 9.33. The second-order valence-electron chi connectivity index (χ2n) is 5.17. The molecule has 1 amide bonds. The van der Waals surface area contributed by atoms with Gasteiger partial charge in [-0.1, -0.05) is 13.3 Å². The topological polar surface area (TPSA) is 118 Å². The van der Waals surface area contributed by atoms with Gasteiger partial charge >= 0.3 is 11.9 Å². The fourth-order valence-corrected chi connectivity index (χ4v) is 1.97. The minimum atomic E-state index is -0.636. The quantitative estimate of drug-likeness (QED) is 0.315. The molecule has 1 aromatic rings. The molecule has 1 rings (SSSR count). The van der Waals surface area contributed by atoms with Gasteiger partial charge in [-0.2, -0.15) is 5.26 Å². The lowest BCUT2D eigenvalue weighted by Crippen LogP contribution is -2.26. The van der Waals surface area contributed by atoms with E-state index in [1.807, 2.05) is 6.92 Å². The van der Waals surface area contributed by atoms with Crippen LogP contribution in [0.15, 0.2) is 30.0 Å². The molecule has 2 N–H and O–H groups in total. The first-order chi connectivity index (χ1) is 12.5. The van der Waals surface area contributed by atoms with E-state index >= 15 is 0 Å². The number of benzene rings is 1. The van der Waals surface area contributed by atoms with E-state index in [0.29, 0.717) is 6.54 Å². The highest BCUT2D eigenvalue weighted by molar-refractivity contribution is 6.00. The van der Waals surface area contributed by atoms with Gasteiger partial charge in [-0.25, -0.2) is 9.59 Å². The molecule has 0 aliphatic heterocycles. The Hall–Kier alpha value is -3.34. The zero-order chi connectivity index (χ0) is 19.5. The first-order valence-corrected chi connectivity index (χ1v) is 7.94. The molecule has 1 aromatic carbocycles. The number of nitrogens with zero attached hydrogens (tertiary/aromatic N) is 1. The van der Waals surface area contributed by atoms with Crippen molar-refractivity contribution in [1.29, 1.82) is 5.26 Å². The number of hydrogen-bond acceptors (Lipinski definition) is 7. The van der Waals surface area contributed by atoms with E-state index in [-0.39, 0.29) is 22.4 Å². The molecular weight excluding hydrogens is 338 g/mol. The van der Waals surface area contributed by atoms with Gasteiger partial charge in [-0.3, -0.25) is 4.79 Å². The van der Waals surface area contributed by atoms with Crippen LogP contribution in [-0.4, -0.2) is 38.6 Å². The van der Waals surface area contributed by atoms with Crippen LogP contribution >= 0.6 is 0 Å². The number of carbonyl (C=O) groups excluding carboxylic acids is 3. The van der Waals surface area contributed by atoms with E-state index in [9.17, 15) is 14.4 Å². The lowest BCUT2D eigenvalue weighted by atomic mass is 10.1. The monoisotopic (exact) mass is 359 g/mol. The number of nitrogens with one attached hydrogen (secondary N) is 2. The molecule has 138 valence electrons. The summed E-state index contributed by atoms with van der Waals surface area (Å²) in [7, 11) is 2.45. The number of unbranched alkanes of at least 4 members (excludes halogenated alkanes) is 1. The summed E-state index contributed by atoms with van der Waals surface area (Å²) in [6.07, 6.45) is 2.88. The van der Waals surface area contributed by atoms with Gasteiger partial charge in [0.05, 0.1) is 31.0 Å². The lowest BCUT2D eigenvalue weighted by Gasteiger charge is -2.10. The van der Waals surface area contributed by atoms with E-state index in [1.54, 1.807) is 6.07 Å². The molecule has 8 nitrogen and oxygen atoms in total. The minimum Gasteiger partial charge on any atom is -0.465 e. The fourth-order valence-electron chi connectivity index (χ4n) is 1.97. The Morgan fingerprint density at radius 1 is 1.19 bits per heavy atom. The van der Waals surface area contributed by atoms with Crippen molar-refractivity contribution in [3.63, 3.8) is 0 Å². The molecule has 0 aliphatic carbocycles. The largest absolute Gasteiger partial charge is 0.465 e. The molecule has 0 aliphatic rings. The number of esters is 2. The fraction of sp³-hybridized carbons (Fsp3) is 0.333. The zero-order valence-corrected chi connectivity index (χ0v) is 14.9. The van der Waals surface area contributed by atoms with E-state index in [1.165, 1.54) is 38.6 Å². The van der Waals surface area contributed by atoms with Crippen molar-refractivity contribution < 1.29 is 23.9 Å². The van der Waals surface area contributed by atoms with Crippen LogP contribution in [0.3, 0.4) is 0 Å². The molecule has 0 unspecified atom stereocenters. The number of amides is 1. The van der Waals surface area contributed by atoms with Crippen molar-refractivity contribution in [2.75, 3.05) is 26.1 Å². The number of methoxy groups -OCH3 is 2. The predicted molar refractivity (Wildman–Crippen MR) is 94.4 cm³/mol. The molecular formula is C18H21N3O5. The summed E-state index contributed by atoms with van der Waals surface area (Å²) in [5, 5.41) is 14.5. The SMILES string of the molecule is CCCCNC(=O)/C(C#N)=C\Nc1cc(C(=O)OC)ccc1C(=O)OC. The molecule has 8 heteroatoms. The third kappa shape index (κ3) is 5.63. The highest BCUT2D eigenvalue weighted by atomic mass is 16.5. The number of hydrogen-bond donors (Lipinski definition) is 2. The standard InChI is InChI=1S/C18H21N3O5/c1-4-5-8-20-16(22)13(10-19)11-21-15-9-12(17(23)25-2)6-7-14(15)18(24)26-3/h6-7,9,11,21H,4-5,8H2,1-3H3,(H,20,22)/b13-11-. The Kier molecular flexibility index (Phi) is 8.37. The van der Waals surface area contributed by atoms with E-state index in [2.05, 4.69) is 20.1 Å². The molecule has 0 radical (unpaired) electrons. The molecule has 0 heterocycles. The predicted octanol–water partition coefficient (Wildman–Crippen LogP) is 2.00. The molecule has 0 spiro atoms. The smallest absolute Gasteiger partial charge is 0.339 e. The molecule has 0 bridgehead atoms. The van der Waals surface area contributed by atoms with Crippen LogP contribution in [0.5, 0.6) is 0 Å². The lowest BCUT2D eigenvalue weighted by molar-refractivity contribution is -0.117. The van der Waals surface area contributed by atoms with Crippen molar-refractivity contribution in [3.05, 3.63) is 41.1 Å². The third-order valence-electron chi connectivity index (χ3n) is 3.40. The van der Waals surface area contributed by atoms with Crippen LogP contribution in [0.4, 0.5) is 5.69 Å². The first kappa shape index (κ1) is 20.7. The maximum atomic E-state index is 12.0. The molecule has 0 fully saturated rings. The van der Waals surface area contributed by atoms with Crippen molar-refractivity contribution in [3.8, 4) is 6.07 Å². The summed E-state index contributed by atoms with van der Waals surface area (Å²) in [6.45, 7) is 2.44. The van der Waals surface area contributed by atoms with Gasteiger partial charge < -0.3 is 20.1 Å². The van der Waals surface area contributed by atoms with Crippen molar-refractivity contribution in [2.24, 2.45) is 0 Å². The third-order valence-corrected chi connectivity index (χ3v) is 3.40. The summed E-state index contributed by atoms with van der Waals surface area (Å²) in [4.78, 5) is 35.5. The average Bonchev–Trinajstić information content (AvgIpc) is 2.67. The zero-order valence-electron chi connectivity index (χ0n) is 14.9. The normalized spacial score (nSPS) is 10.5. The van der Waals surface area contributed by atoms with E-state index < -0.39 is 17.8 Å². The summed E-state index contributed by atoms with van der Waals surface area (Å²) in [5.74, 6) is -1.76. The number of nitriles is 1. The average molecular weight is 359 g/mol. The van der Waals surface area contributed by atoms with Gasteiger partial charge in [-0.05, 0) is 24.6 Å².